The molecule has 1 fully saturated rings. The maximum atomic E-state index is 13.3. The molecule has 4 rings (SSSR count). The molecule has 0 N–H and O–H groups in total. The molecule has 0 spiro atoms. The van der Waals surface area contributed by atoms with E-state index in [2.05, 4.69) is 5.16 Å². The van der Waals surface area contributed by atoms with E-state index in [1.165, 1.54) is 0 Å². The summed E-state index contributed by atoms with van der Waals surface area (Å²) in [7, 11) is 0. The van der Waals surface area contributed by atoms with E-state index in [4.69, 9.17) is 13.7 Å². The SMILES string of the molecule is Cc1cc(C2CCCCN2C(=O)c2cc3ccc(OC(C)C)cc3oc2=O)no1. The highest BCUT2D eigenvalue weighted by Gasteiger charge is 2.32. The lowest BCUT2D eigenvalue weighted by Crippen LogP contribution is -2.40. The minimum Gasteiger partial charge on any atom is -0.491 e. The normalized spacial score (nSPS) is 17.1. The van der Waals surface area contributed by atoms with Crippen LogP contribution in [-0.2, 0) is 0 Å². The van der Waals surface area contributed by atoms with E-state index in [1.807, 2.05) is 26.8 Å². The zero-order valence-electron chi connectivity index (χ0n) is 16.8. The Labute approximate surface area is 168 Å². The zero-order valence-corrected chi connectivity index (χ0v) is 16.8. The van der Waals surface area contributed by atoms with Crippen LogP contribution in [0.15, 0.2) is 44.1 Å². The van der Waals surface area contributed by atoms with Crippen LogP contribution in [0.3, 0.4) is 0 Å². The number of amides is 1. The fourth-order valence-electron chi connectivity index (χ4n) is 3.77. The summed E-state index contributed by atoms with van der Waals surface area (Å²) < 4.78 is 16.3. The molecule has 1 aliphatic rings. The monoisotopic (exact) mass is 396 g/mol. The first kappa shape index (κ1) is 19.2. The molecule has 1 unspecified atom stereocenters. The minimum atomic E-state index is -0.648. The van der Waals surface area contributed by atoms with Crippen LogP contribution < -0.4 is 10.4 Å². The van der Waals surface area contributed by atoms with Crippen molar-refractivity contribution in [3.63, 3.8) is 0 Å². The Hall–Kier alpha value is -3.09. The third-order valence-corrected chi connectivity index (χ3v) is 5.06. The van der Waals surface area contributed by atoms with Crippen LogP contribution in [0.5, 0.6) is 5.75 Å². The second-order valence-electron chi connectivity index (χ2n) is 7.69. The van der Waals surface area contributed by atoms with Crippen LogP contribution >= 0.6 is 0 Å². The molecular weight excluding hydrogens is 372 g/mol. The Bertz CT molecular complexity index is 1100. The van der Waals surface area contributed by atoms with Crippen LogP contribution in [0.25, 0.3) is 11.0 Å². The topological polar surface area (TPSA) is 85.8 Å². The maximum Gasteiger partial charge on any atom is 0.349 e. The van der Waals surface area contributed by atoms with Gasteiger partial charge >= 0.3 is 5.63 Å². The first-order chi connectivity index (χ1) is 13.9. The Kier molecular flexibility index (Phi) is 5.13. The summed E-state index contributed by atoms with van der Waals surface area (Å²) in [6.45, 7) is 6.23. The van der Waals surface area contributed by atoms with E-state index >= 15 is 0 Å². The van der Waals surface area contributed by atoms with Gasteiger partial charge in [0.15, 0.2) is 0 Å². The fourth-order valence-corrected chi connectivity index (χ4v) is 3.77. The van der Waals surface area contributed by atoms with Gasteiger partial charge in [0.25, 0.3) is 5.91 Å². The summed E-state index contributed by atoms with van der Waals surface area (Å²) in [5.41, 5.74) is 0.496. The van der Waals surface area contributed by atoms with Crippen LogP contribution in [-0.4, -0.2) is 28.6 Å². The van der Waals surface area contributed by atoms with Gasteiger partial charge in [0.2, 0.25) is 0 Å². The van der Waals surface area contributed by atoms with Crippen molar-refractivity contribution in [1.29, 1.82) is 0 Å². The quantitative estimate of drug-likeness (QED) is 0.613. The number of nitrogens with zero attached hydrogens (tertiary/aromatic N) is 2. The smallest absolute Gasteiger partial charge is 0.349 e. The number of likely N-dealkylation sites (tertiary alicyclic amines) is 1. The number of hydrogen-bond acceptors (Lipinski definition) is 6. The first-order valence-corrected chi connectivity index (χ1v) is 9.91. The fraction of sp³-hybridized carbons (Fsp3) is 0.409. The van der Waals surface area contributed by atoms with E-state index in [-0.39, 0.29) is 23.6 Å². The molecule has 0 aliphatic carbocycles. The summed E-state index contributed by atoms with van der Waals surface area (Å²) in [6.07, 6.45) is 2.67. The predicted molar refractivity (Wildman–Crippen MR) is 107 cm³/mol. The summed E-state index contributed by atoms with van der Waals surface area (Å²) in [5.74, 6) is 0.975. The summed E-state index contributed by atoms with van der Waals surface area (Å²) in [5, 5.41) is 4.76. The molecule has 1 aromatic carbocycles. The average Bonchev–Trinajstić information content (AvgIpc) is 3.12. The summed E-state index contributed by atoms with van der Waals surface area (Å²) in [4.78, 5) is 27.6. The van der Waals surface area contributed by atoms with E-state index in [1.54, 1.807) is 29.2 Å². The number of fused-ring (bicyclic) bond motifs is 1. The molecule has 0 saturated carbocycles. The van der Waals surface area contributed by atoms with Crippen LogP contribution in [0, 0.1) is 6.92 Å². The molecule has 7 nitrogen and oxygen atoms in total. The van der Waals surface area contributed by atoms with Gasteiger partial charge in [-0.05, 0) is 58.2 Å². The number of aromatic nitrogens is 1. The van der Waals surface area contributed by atoms with Crippen molar-refractivity contribution in [3.8, 4) is 5.75 Å². The number of hydrogen-bond donors (Lipinski definition) is 0. The van der Waals surface area contributed by atoms with Crippen molar-refractivity contribution in [2.75, 3.05) is 6.54 Å². The van der Waals surface area contributed by atoms with Crippen molar-refractivity contribution < 1.29 is 18.5 Å². The van der Waals surface area contributed by atoms with E-state index < -0.39 is 5.63 Å². The van der Waals surface area contributed by atoms with E-state index in [0.717, 1.165) is 25.0 Å². The number of aryl methyl sites for hydroxylation is 1. The number of carbonyl (C=O) groups is 1. The lowest BCUT2D eigenvalue weighted by Gasteiger charge is -2.34. The molecule has 152 valence electrons. The number of ether oxygens (including phenoxy) is 1. The van der Waals surface area contributed by atoms with Crippen LogP contribution in [0.4, 0.5) is 0 Å². The zero-order chi connectivity index (χ0) is 20.5. The van der Waals surface area contributed by atoms with Gasteiger partial charge in [-0.3, -0.25) is 4.79 Å². The van der Waals surface area contributed by atoms with Crippen molar-refractivity contribution in [2.24, 2.45) is 0 Å². The molecule has 3 aromatic rings. The maximum absolute atomic E-state index is 13.3. The van der Waals surface area contributed by atoms with E-state index in [0.29, 0.717) is 29.0 Å². The number of benzene rings is 1. The van der Waals surface area contributed by atoms with Gasteiger partial charge < -0.3 is 18.6 Å². The summed E-state index contributed by atoms with van der Waals surface area (Å²) in [6, 6.07) is 8.51. The summed E-state index contributed by atoms with van der Waals surface area (Å²) >= 11 is 0. The highest BCUT2D eigenvalue weighted by atomic mass is 16.5. The third kappa shape index (κ3) is 3.90. The molecule has 0 bridgehead atoms. The van der Waals surface area contributed by atoms with Crippen molar-refractivity contribution in [2.45, 2.75) is 52.2 Å². The van der Waals surface area contributed by atoms with Gasteiger partial charge in [-0.15, -0.1) is 0 Å². The molecule has 29 heavy (non-hydrogen) atoms. The van der Waals surface area contributed by atoms with Gasteiger partial charge in [-0.25, -0.2) is 4.79 Å². The lowest BCUT2D eigenvalue weighted by atomic mass is 9.98. The number of carbonyl (C=O) groups excluding carboxylic acids is 1. The predicted octanol–water partition coefficient (Wildman–Crippen LogP) is 4.24. The number of rotatable bonds is 4. The molecule has 0 radical (unpaired) electrons. The molecule has 2 aromatic heterocycles. The minimum absolute atomic E-state index is 0.0104. The Morgan fingerprint density at radius 3 is 2.79 bits per heavy atom. The van der Waals surface area contributed by atoms with Gasteiger partial charge in [-0.1, -0.05) is 5.16 Å². The van der Waals surface area contributed by atoms with Gasteiger partial charge in [0.05, 0.1) is 12.1 Å². The molecule has 3 heterocycles. The van der Waals surface area contributed by atoms with Gasteiger partial charge in [-0.2, -0.15) is 0 Å². The second kappa shape index (κ2) is 7.73. The van der Waals surface area contributed by atoms with Crippen LogP contribution in [0.2, 0.25) is 0 Å². The molecule has 1 aliphatic heterocycles. The van der Waals surface area contributed by atoms with Crippen molar-refractivity contribution in [3.05, 3.63) is 57.8 Å². The Morgan fingerprint density at radius 1 is 1.24 bits per heavy atom. The van der Waals surface area contributed by atoms with E-state index in [9.17, 15) is 9.59 Å². The Balaban J connectivity index is 1.68. The molecular formula is C22H24N2O5. The van der Waals surface area contributed by atoms with Gasteiger partial charge in [0, 0.05) is 24.1 Å². The Morgan fingerprint density at radius 2 is 2.07 bits per heavy atom. The molecule has 1 saturated heterocycles. The highest BCUT2D eigenvalue weighted by molar-refractivity contribution is 5.97. The standard InChI is InChI=1S/C22H24N2O5/c1-13(2)27-16-8-7-15-11-17(22(26)28-20(15)12-16)21(25)24-9-5-4-6-19(24)18-10-14(3)29-23-18/h7-8,10-13,19H,4-6,9H2,1-3H3. The van der Waals surface area contributed by atoms with Crippen LogP contribution in [0.1, 0.15) is 61.0 Å². The van der Waals surface area contributed by atoms with Crippen molar-refractivity contribution in [1.82, 2.24) is 10.1 Å². The lowest BCUT2D eigenvalue weighted by molar-refractivity contribution is 0.0597. The molecule has 7 heteroatoms. The largest absolute Gasteiger partial charge is 0.491 e. The van der Waals surface area contributed by atoms with Gasteiger partial charge in [0.1, 0.15) is 28.4 Å². The average molecular weight is 396 g/mol. The molecule has 1 atom stereocenters. The van der Waals surface area contributed by atoms with Crippen molar-refractivity contribution >= 4 is 16.9 Å². The number of piperidine rings is 1. The molecule has 1 amide bonds. The second-order valence-corrected chi connectivity index (χ2v) is 7.69. The highest BCUT2D eigenvalue weighted by Crippen LogP contribution is 2.32. The first-order valence-electron chi connectivity index (χ1n) is 9.91. The third-order valence-electron chi connectivity index (χ3n) is 5.06.